The lowest BCUT2D eigenvalue weighted by molar-refractivity contribution is 0.134. The quantitative estimate of drug-likeness (QED) is 0.769. The van der Waals surface area contributed by atoms with Gasteiger partial charge in [0.15, 0.2) is 0 Å². The fraction of sp³-hybridized carbons (Fsp3) is 0.333. The van der Waals surface area contributed by atoms with Crippen molar-refractivity contribution in [3.8, 4) is 23.0 Å². The van der Waals surface area contributed by atoms with Crippen LogP contribution >= 0.6 is 0 Å². The second kappa shape index (κ2) is 4.94. The van der Waals surface area contributed by atoms with E-state index < -0.39 is 0 Å². The summed E-state index contributed by atoms with van der Waals surface area (Å²) < 4.78 is 23.8. The molecule has 0 radical (unpaired) electrons. The molecule has 25 heavy (non-hydrogen) atoms. The van der Waals surface area contributed by atoms with Gasteiger partial charge in [0.2, 0.25) is 0 Å². The fourth-order valence-corrected chi connectivity index (χ4v) is 3.89. The average molecular weight is 336 g/mol. The maximum Gasteiger partial charge on any atom is 0.138 e. The molecule has 2 atom stereocenters. The Kier molecular flexibility index (Phi) is 2.91. The molecule has 0 spiro atoms. The Balaban J connectivity index is 1.57. The molecule has 5 rings (SSSR count). The van der Waals surface area contributed by atoms with Gasteiger partial charge >= 0.3 is 0 Å². The topological polar surface area (TPSA) is 36.9 Å². The maximum absolute atomic E-state index is 6.29. The molecule has 0 unspecified atom stereocenters. The van der Waals surface area contributed by atoms with Gasteiger partial charge in [0, 0.05) is 17.2 Å². The van der Waals surface area contributed by atoms with Gasteiger partial charge in [-0.05, 0) is 44.2 Å². The third kappa shape index (κ3) is 2.13. The van der Waals surface area contributed by atoms with Crippen molar-refractivity contribution in [2.24, 2.45) is 0 Å². The molecular weight excluding hydrogens is 316 g/mol. The van der Waals surface area contributed by atoms with Crippen LogP contribution in [0.3, 0.4) is 0 Å². The molecular formula is C21H20O4. The summed E-state index contributed by atoms with van der Waals surface area (Å²) in [6, 6.07) is 10.1. The van der Waals surface area contributed by atoms with Crippen molar-refractivity contribution in [3.63, 3.8) is 0 Å². The van der Waals surface area contributed by atoms with E-state index in [-0.39, 0.29) is 17.6 Å². The van der Waals surface area contributed by atoms with Gasteiger partial charge in [0.1, 0.15) is 34.7 Å². The third-order valence-corrected chi connectivity index (χ3v) is 5.16. The van der Waals surface area contributed by atoms with Crippen molar-refractivity contribution < 1.29 is 18.9 Å². The van der Waals surface area contributed by atoms with Crippen LogP contribution in [0.5, 0.6) is 23.0 Å². The minimum atomic E-state index is -0.297. The Morgan fingerprint density at radius 1 is 1.08 bits per heavy atom. The molecule has 0 amide bonds. The minimum absolute atomic E-state index is 0.0282. The van der Waals surface area contributed by atoms with Gasteiger partial charge in [-0.1, -0.05) is 6.07 Å². The predicted octanol–water partition coefficient (Wildman–Crippen LogP) is 4.49. The monoisotopic (exact) mass is 336 g/mol. The second-order valence-electron chi connectivity index (χ2n) is 7.29. The highest BCUT2D eigenvalue weighted by molar-refractivity contribution is 5.70. The van der Waals surface area contributed by atoms with Gasteiger partial charge in [-0.25, -0.2) is 0 Å². The highest BCUT2D eigenvalue weighted by Crippen LogP contribution is 2.54. The first-order chi connectivity index (χ1) is 12.1. The van der Waals surface area contributed by atoms with Gasteiger partial charge in [-0.3, -0.25) is 0 Å². The minimum Gasteiger partial charge on any atom is -0.497 e. The average Bonchev–Trinajstić information content (AvgIpc) is 2.98. The summed E-state index contributed by atoms with van der Waals surface area (Å²) >= 11 is 0. The molecule has 0 saturated heterocycles. The van der Waals surface area contributed by atoms with Crippen molar-refractivity contribution in [3.05, 3.63) is 53.1 Å². The SMILES string of the molecule is COc1ccc2c(c1)O[C@@H]1c3ccc4c(c3OC[C@H]21)C=CC(C)(C)O4. The molecule has 3 aliphatic heterocycles. The lowest BCUT2D eigenvalue weighted by atomic mass is 9.87. The van der Waals surface area contributed by atoms with Crippen LogP contribution in [-0.2, 0) is 0 Å². The number of hydrogen-bond donors (Lipinski definition) is 0. The van der Waals surface area contributed by atoms with Crippen LogP contribution in [0.4, 0.5) is 0 Å². The fourth-order valence-electron chi connectivity index (χ4n) is 3.89. The Labute approximate surface area is 147 Å². The zero-order chi connectivity index (χ0) is 17.2. The Morgan fingerprint density at radius 2 is 1.92 bits per heavy atom. The van der Waals surface area contributed by atoms with Crippen molar-refractivity contribution in [1.82, 2.24) is 0 Å². The van der Waals surface area contributed by atoms with Crippen molar-refractivity contribution in [2.45, 2.75) is 31.5 Å². The molecule has 4 heteroatoms. The maximum atomic E-state index is 6.29. The van der Waals surface area contributed by atoms with E-state index in [1.165, 1.54) is 5.56 Å². The van der Waals surface area contributed by atoms with E-state index in [1.54, 1.807) is 7.11 Å². The van der Waals surface area contributed by atoms with E-state index in [4.69, 9.17) is 18.9 Å². The molecule has 3 aliphatic rings. The van der Waals surface area contributed by atoms with Crippen LogP contribution in [-0.4, -0.2) is 19.3 Å². The van der Waals surface area contributed by atoms with Gasteiger partial charge in [0.05, 0.1) is 25.2 Å². The molecule has 2 aromatic carbocycles. The van der Waals surface area contributed by atoms with Crippen LogP contribution in [0.25, 0.3) is 6.08 Å². The lowest BCUT2D eigenvalue weighted by Crippen LogP contribution is -2.29. The van der Waals surface area contributed by atoms with Crippen LogP contribution < -0.4 is 18.9 Å². The molecule has 3 heterocycles. The van der Waals surface area contributed by atoms with Crippen LogP contribution in [0.15, 0.2) is 36.4 Å². The number of rotatable bonds is 1. The Morgan fingerprint density at radius 3 is 2.76 bits per heavy atom. The molecule has 0 N–H and O–H groups in total. The van der Waals surface area contributed by atoms with E-state index in [0.717, 1.165) is 34.1 Å². The van der Waals surface area contributed by atoms with E-state index in [1.807, 2.05) is 32.0 Å². The molecule has 2 aromatic rings. The number of benzene rings is 2. The van der Waals surface area contributed by atoms with Gasteiger partial charge < -0.3 is 18.9 Å². The summed E-state index contributed by atoms with van der Waals surface area (Å²) in [7, 11) is 1.67. The number of methoxy groups -OCH3 is 1. The van der Waals surface area contributed by atoms with Crippen molar-refractivity contribution in [1.29, 1.82) is 0 Å². The summed E-state index contributed by atoms with van der Waals surface area (Å²) in [5.41, 5.74) is 2.97. The third-order valence-electron chi connectivity index (χ3n) is 5.16. The van der Waals surface area contributed by atoms with Gasteiger partial charge in [-0.15, -0.1) is 0 Å². The molecule has 0 aromatic heterocycles. The van der Waals surface area contributed by atoms with E-state index in [9.17, 15) is 0 Å². The molecule has 4 nitrogen and oxygen atoms in total. The smallest absolute Gasteiger partial charge is 0.138 e. The summed E-state index contributed by atoms with van der Waals surface area (Å²) in [6.45, 7) is 4.70. The van der Waals surface area contributed by atoms with Crippen LogP contribution in [0, 0.1) is 0 Å². The predicted molar refractivity (Wildman–Crippen MR) is 94.8 cm³/mol. The molecule has 0 saturated carbocycles. The van der Waals surface area contributed by atoms with E-state index >= 15 is 0 Å². The van der Waals surface area contributed by atoms with E-state index in [2.05, 4.69) is 24.3 Å². The normalized spacial score (nSPS) is 24.0. The van der Waals surface area contributed by atoms with Crippen molar-refractivity contribution in [2.75, 3.05) is 13.7 Å². The second-order valence-corrected chi connectivity index (χ2v) is 7.29. The first-order valence-corrected chi connectivity index (χ1v) is 8.58. The summed E-state index contributed by atoms with van der Waals surface area (Å²) in [5, 5.41) is 0. The van der Waals surface area contributed by atoms with Crippen LogP contribution in [0.1, 0.15) is 42.6 Å². The van der Waals surface area contributed by atoms with Gasteiger partial charge in [0.25, 0.3) is 0 Å². The van der Waals surface area contributed by atoms with Crippen LogP contribution in [0.2, 0.25) is 0 Å². The van der Waals surface area contributed by atoms with Gasteiger partial charge in [-0.2, -0.15) is 0 Å². The standard InChI is InChI=1S/C21H20O4/c1-21(2)9-8-14-17(25-21)7-6-15-19(14)23-11-16-13-5-4-12(22-3)10-18(13)24-20(15)16/h4-10,16,20H,11H2,1-3H3/t16-,20-/m1/s1. The summed E-state index contributed by atoms with van der Waals surface area (Å²) in [4.78, 5) is 0. The summed E-state index contributed by atoms with van der Waals surface area (Å²) in [5.74, 6) is 3.64. The van der Waals surface area contributed by atoms with Crippen molar-refractivity contribution >= 4 is 6.08 Å². The number of hydrogen-bond acceptors (Lipinski definition) is 4. The lowest BCUT2D eigenvalue weighted by Gasteiger charge is -2.33. The Bertz CT molecular complexity index is 897. The largest absolute Gasteiger partial charge is 0.497 e. The first kappa shape index (κ1) is 14.7. The zero-order valence-electron chi connectivity index (χ0n) is 14.5. The first-order valence-electron chi connectivity index (χ1n) is 8.58. The molecule has 0 aliphatic carbocycles. The zero-order valence-corrected chi connectivity index (χ0v) is 14.5. The summed E-state index contributed by atoms with van der Waals surface area (Å²) in [6.07, 6.45) is 4.14. The highest BCUT2D eigenvalue weighted by atomic mass is 16.5. The molecule has 0 fully saturated rings. The molecule has 0 bridgehead atoms. The molecule has 128 valence electrons. The van der Waals surface area contributed by atoms with E-state index in [0.29, 0.717) is 6.61 Å². The highest BCUT2D eigenvalue weighted by Gasteiger charge is 2.42. The Hall–Kier alpha value is -2.62. The number of ether oxygens (including phenoxy) is 4. The number of fused-ring (bicyclic) bond motifs is 7.